The number of nitrogens with one attached hydrogen (secondary N) is 2. The molecule has 12 heavy (non-hydrogen) atoms. The van der Waals surface area contributed by atoms with Crippen LogP contribution in [0.1, 0.15) is 0 Å². The molecule has 0 fully saturated rings. The van der Waals surface area contributed by atoms with Crippen molar-refractivity contribution < 1.29 is 0 Å². The second kappa shape index (κ2) is 2.68. The van der Waals surface area contributed by atoms with E-state index in [9.17, 15) is 0 Å². The van der Waals surface area contributed by atoms with Gasteiger partial charge >= 0.3 is 0 Å². The van der Waals surface area contributed by atoms with Gasteiger partial charge in [-0.15, -0.1) is 0 Å². The number of anilines is 1. The Bertz CT molecular complexity index is 408. The Morgan fingerprint density at radius 2 is 2.42 bits per heavy atom. The minimum Gasteiger partial charge on any atom is -0.373 e. The molecule has 0 bridgehead atoms. The van der Waals surface area contributed by atoms with Gasteiger partial charge in [0, 0.05) is 18.6 Å². The number of nitrogens with zero attached hydrogens (tertiary/aromatic N) is 1. The van der Waals surface area contributed by atoms with Gasteiger partial charge in [0.05, 0.1) is 5.02 Å². The van der Waals surface area contributed by atoms with Crippen LogP contribution >= 0.6 is 11.6 Å². The average molecular weight is 182 g/mol. The molecule has 0 aliphatic heterocycles. The fourth-order valence-corrected chi connectivity index (χ4v) is 1.38. The van der Waals surface area contributed by atoms with Gasteiger partial charge in [-0.2, -0.15) is 0 Å². The van der Waals surface area contributed by atoms with E-state index in [1.165, 1.54) is 0 Å². The van der Waals surface area contributed by atoms with Crippen molar-refractivity contribution in [3.63, 3.8) is 0 Å². The molecule has 0 saturated carbocycles. The SMILES string of the molecule is CNc1cc(Cl)c2cc[nH]c2n1. The molecule has 2 rings (SSSR count). The van der Waals surface area contributed by atoms with Crippen molar-refractivity contribution in [3.8, 4) is 0 Å². The molecular formula is C8H8ClN3. The first kappa shape index (κ1) is 7.43. The van der Waals surface area contributed by atoms with Crippen molar-refractivity contribution in [2.24, 2.45) is 0 Å². The first-order valence-corrected chi connectivity index (χ1v) is 4.00. The number of aromatic amines is 1. The molecule has 62 valence electrons. The Labute approximate surface area is 74.8 Å². The average Bonchev–Trinajstić information content (AvgIpc) is 2.52. The molecule has 0 aliphatic rings. The summed E-state index contributed by atoms with van der Waals surface area (Å²) in [6, 6.07) is 3.71. The van der Waals surface area contributed by atoms with Crippen LogP contribution < -0.4 is 5.32 Å². The number of hydrogen-bond donors (Lipinski definition) is 2. The number of halogens is 1. The monoisotopic (exact) mass is 181 g/mol. The van der Waals surface area contributed by atoms with Crippen molar-refractivity contribution >= 4 is 28.5 Å². The van der Waals surface area contributed by atoms with Gasteiger partial charge in [0.1, 0.15) is 11.5 Å². The highest BCUT2D eigenvalue weighted by molar-refractivity contribution is 6.35. The van der Waals surface area contributed by atoms with Crippen LogP contribution in [0, 0.1) is 0 Å². The van der Waals surface area contributed by atoms with Crippen LogP contribution in [0.25, 0.3) is 11.0 Å². The molecule has 0 amide bonds. The van der Waals surface area contributed by atoms with E-state index in [4.69, 9.17) is 11.6 Å². The van der Waals surface area contributed by atoms with Gasteiger partial charge in [0.2, 0.25) is 0 Å². The maximum atomic E-state index is 5.98. The second-order valence-corrected chi connectivity index (χ2v) is 2.89. The van der Waals surface area contributed by atoms with Crippen LogP contribution in [0.3, 0.4) is 0 Å². The van der Waals surface area contributed by atoms with Crippen molar-refractivity contribution in [1.29, 1.82) is 0 Å². The van der Waals surface area contributed by atoms with Gasteiger partial charge in [0.15, 0.2) is 0 Å². The minimum absolute atomic E-state index is 0.714. The van der Waals surface area contributed by atoms with Gasteiger partial charge in [0.25, 0.3) is 0 Å². The van der Waals surface area contributed by atoms with Crippen LogP contribution in [-0.4, -0.2) is 17.0 Å². The molecule has 0 aliphatic carbocycles. The molecule has 0 aromatic carbocycles. The summed E-state index contributed by atoms with van der Waals surface area (Å²) >= 11 is 5.98. The number of hydrogen-bond acceptors (Lipinski definition) is 2. The van der Waals surface area contributed by atoms with E-state index in [0.29, 0.717) is 5.02 Å². The second-order valence-electron chi connectivity index (χ2n) is 2.48. The van der Waals surface area contributed by atoms with Crippen molar-refractivity contribution in [1.82, 2.24) is 9.97 Å². The predicted octanol–water partition coefficient (Wildman–Crippen LogP) is 2.26. The summed E-state index contributed by atoms with van der Waals surface area (Å²) in [5.41, 5.74) is 0.812. The van der Waals surface area contributed by atoms with E-state index >= 15 is 0 Å². The van der Waals surface area contributed by atoms with Gasteiger partial charge in [-0.05, 0) is 12.1 Å². The van der Waals surface area contributed by atoms with Crippen LogP contribution in [-0.2, 0) is 0 Å². The molecule has 2 N–H and O–H groups in total. The van der Waals surface area contributed by atoms with Crippen molar-refractivity contribution in [2.45, 2.75) is 0 Å². The lowest BCUT2D eigenvalue weighted by atomic mass is 10.3. The Morgan fingerprint density at radius 3 is 3.17 bits per heavy atom. The fourth-order valence-electron chi connectivity index (χ4n) is 1.12. The van der Waals surface area contributed by atoms with Crippen LogP contribution in [0.5, 0.6) is 0 Å². The summed E-state index contributed by atoms with van der Waals surface area (Å²) in [6.45, 7) is 0. The Balaban J connectivity index is 2.75. The highest BCUT2D eigenvalue weighted by Crippen LogP contribution is 2.23. The summed E-state index contributed by atoms with van der Waals surface area (Å²) in [6.07, 6.45) is 1.82. The van der Waals surface area contributed by atoms with E-state index in [2.05, 4.69) is 15.3 Å². The van der Waals surface area contributed by atoms with Crippen molar-refractivity contribution in [2.75, 3.05) is 12.4 Å². The fraction of sp³-hybridized carbons (Fsp3) is 0.125. The molecule has 2 aromatic rings. The Morgan fingerprint density at radius 1 is 1.58 bits per heavy atom. The third-order valence-electron chi connectivity index (χ3n) is 1.73. The number of pyridine rings is 1. The lowest BCUT2D eigenvalue weighted by Gasteiger charge is -1.99. The molecule has 3 nitrogen and oxygen atoms in total. The Kier molecular flexibility index (Phi) is 1.66. The van der Waals surface area contributed by atoms with Gasteiger partial charge in [-0.1, -0.05) is 11.6 Å². The zero-order valence-electron chi connectivity index (χ0n) is 6.56. The summed E-state index contributed by atoms with van der Waals surface area (Å²) in [7, 11) is 1.81. The zero-order valence-corrected chi connectivity index (χ0v) is 7.31. The third-order valence-corrected chi connectivity index (χ3v) is 2.05. The first-order chi connectivity index (χ1) is 5.81. The topological polar surface area (TPSA) is 40.7 Å². The summed E-state index contributed by atoms with van der Waals surface area (Å²) in [4.78, 5) is 7.26. The zero-order chi connectivity index (χ0) is 8.55. The van der Waals surface area contributed by atoms with E-state index in [0.717, 1.165) is 16.9 Å². The maximum Gasteiger partial charge on any atom is 0.141 e. The first-order valence-electron chi connectivity index (χ1n) is 3.62. The van der Waals surface area contributed by atoms with Gasteiger partial charge in [-0.3, -0.25) is 0 Å². The molecular weight excluding hydrogens is 174 g/mol. The van der Waals surface area contributed by atoms with Crippen LogP contribution in [0.2, 0.25) is 5.02 Å². The Hall–Kier alpha value is -1.22. The van der Waals surface area contributed by atoms with E-state index < -0.39 is 0 Å². The standard InChI is InChI=1S/C8H8ClN3/c1-10-7-4-6(9)5-2-3-11-8(5)12-7/h2-4H,1H3,(H2,10,11,12). The third kappa shape index (κ3) is 1.02. The van der Waals surface area contributed by atoms with E-state index in [-0.39, 0.29) is 0 Å². The van der Waals surface area contributed by atoms with Crippen LogP contribution in [0.4, 0.5) is 5.82 Å². The highest BCUT2D eigenvalue weighted by atomic mass is 35.5. The molecule has 2 aromatic heterocycles. The molecule has 0 radical (unpaired) electrons. The van der Waals surface area contributed by atoms with Gasteiger partial charge < -0.3 is 10.3 Å². The molecule has 0 unspecified atom stereocenters. The normalized spacial score (nSPS) is 10.5. The predicted molar refractivity (Wildman–Crippen MR) is 50.7 cm³/mol. The smallest absolute Gasteiger partial charge is 0.141 e. The van der Waals surface area contributed by atoms with E-state index in [1.54, 1.807) is 6.07 Å². The molecule has 4 heteroatoms. The lowest BCUT2D eigenvalue weighted by molar-refractivity contribution is 1.29. The molecule has 0 spiro atoms. The number of fused-ring (bicyclic) bond motifs is 1. The number of rotatable bonds is 1. The summed E-state index contributed by atoms with van der Waals surface area (Å²) < 4.78 is 0. The summed E-state index contributed by atoms with van der Waals surface area (Å²) in [5.74, 6) is 0.773. The number of H-pyrrole nitrogens is 1. The highest BCUT2D eigenvalue weighted by Gasteiger charge is 2.02. The minimum atomic E-state index is 0.714. The summed E-state index contributed by atoms with van der Waals surface area (Å²) in [5, 5.41) is 4.60. The molecule has 2 heterocycles. The van der Waals surface area contributed by atoms with Crippen molar-refractivity contribution in [3.05, 3.63) is 23.4 Å². The lowest BCUT2D eigenvalue weighted by Crippen LogP contribution is -1.91. The van der Waals surface area contributed by atoms with E-state index in [1.807, 2.05) is 19.3 Å². The maximum absolute atomic E-state index is 5.98. The van der Waals surface area contributed by atoms with Gasteiger partial charge in [-0.25, -0.2) is 4.98 Å². The molecule has 0 saturated heterocycles. The number of aromatic nitrogens is 2. The van der Waals surface area contributed by atoms with Crippen LogP contribution in [0.15, 0.2) is 18.3 Å². The molecule has 0 atom stereocenters. The quantitative estimate of drug-likeness (QED) is 0.709. The largest absolute Gasteiger partial charge is 0.373 e.